The van der Waals surface area contributed by atoms with E-state index in [1.54, 1.807) is 19.2 Å². The molecule has 0 amide bonds. The first-order chi connectivity index (χ1) is 3.81. The number of nitrogens with one attached hydrogen (secondary N) is 1. The molecule has 0 aromatic heterocycles. The van der Waals surface area contributed by atoms with Crippen molar-refractivity contribution in [3.63, 3.8) is 0 Å². The third kappa shape index (κ3) is 33.6. The van der Waals surface area contributed by atoms with Crippen LogP contribution in [0.4, 0.5) is 18.8 Å². The molecule has 0 fully saturated rings. The van der Waals surface area contributed by atoms with Gasteiger partial charge in [-0.2, -0.15) is 0 Å². The van der Waals surface area contributed by atoms with Gasteiger partial charge in [0.15, 0.2) is 5.78 Å². The van der Waals surface area contributed by atoms with Crippen molar-refractivity contribution in [2.24, 2.45) is 0 Å². The predicted octanol–water partition coefficient (Wildman–Crippen LogP) is 0.958. The zero-order chi connectivity index (χ0) is 6.41. The number of allylic oxidation sites excluding steroid dienone is 1. The second kappa shape index (κ2) is 29.7. The van der Waals surface area contributed by atoms with Crippen molar-refractivity contribution in [3.8, 4) is 0 Å². The molecule has 0 bridgehead atoms. The summed E-state index contributed by atoms with van der Waals surface area (Å²) in [5.74, 6) is 0.120. The van der Waals surface area contributed by atoms with E-state index in [1.807, 2.05) is 6.92 Å². The van der Waals surface area contributed by atoms with Crippen LogP contribution in [0, 0.1) is 0 Å². The molecule has 0 heterocycles. The molecule has 0 rings (SSSR count). The topological polar surface area (TPSA) is 29.1 Å². The third-order valence-corrected chi connectivity index (χ3v) is 0.704. The summed E-state index contributed by atoms with van der Waals surface area (Å²) in [6.45, 7) is 2.26. The van der Waals surface area contributed by atoms with Crippen molar-refractivity contribution in [3.05, 3.63) is 12.2 Å². The van der Waals surface area contributed by atoms with E-state index in [0.717, 1.165) is 0 Å². The van der Waals surface area contributed by atoms with Crippen LogP contribution in [-0.2, 0) is 27.2 Å². The predicted molar refractivity (Wildman–Crippen MR) is 43.8 cm³/mol. The molecule has 0 aromatic carbocycles. The Bertz CT molecular complexity index is 113. The van der Waals surface area contributed by atoms with Crippen molar-refractivity contribution < 1.29 is 46.0 Å². The Morgan fingerprint density at radius 1 is 1.23 bits per heavy atom. The van der Waals surface area contributed by atoms with Gasteiger partial charge in [0.1, 0.15) is 0 Å². The molecule has 0 saturated carbocycles. The molecule has 1 radical (unpaired) electrons. The molecule has 0 spiro atoms. The molecule has 0 aromatic rings. The van der Waals surface area contributed by atoms with Crippen LogP contribution in [-0.4, -0.2) is 19.4 Å². The van der Waals surface area contributed by atoms with Crippen molar-refractivity contribution in [2.45, 2.75) is 6.92 Å². The normalized spacial score (nSPS) is 6.31. The smallest absolute Gasteiger partial charge is 0.169 e. The van der Waals surface area contributed by atoms with E-state index in [1.165, 1.54) is 0 Å². The van der Waals surface area contributed by atoms with Gasteiger partial charge in [0.2, 0.25) is 0 Å². The van der Waals surface area contributed by atoms with Gasteiger partial charge >= 0.3 is 0 Å². The molecule has 0 aliphatic carbocycles. The first-order valence-corrected chi connectivity index (χ1v) is 2.61. The van der Waals surface area contributed by atoms with E-state index in [9.17, 15) is 4.79 Å². The number of likely N-dealkylation sites (N-methyl/N-ethyl adjacent to an activating group) is 1. The third-order valence-electron chi connectivity index (χ3n) is 0.704. The maximum absolute atomic E-state index is 10.5. The summed E-state index contributed by atoms with van der Waals surface area (Å²) >= 11 is 0. The Kier molecular flexibility index (Phi) is 88.1. The molecule has 0 aliphatic heterocycles. The molecule has 2 nitrogen and oxygen atoms in total. The van der Waals surface area contributed by atoms with Gasteiger partial charge in [-0.15, -0.1) is 0 Å². The number of carbonyl (C=O) groups excluding carboxylic acids is 1. The zero-order valence-electron chi connectivity index (χ0n) is 7.35. The van der Waals surface area contributed by atoms with Crippen molar-refractivity contribution >= 4 is 5.78 Å². The SMILES string of the molecule is C/C=C/C(=O)CNC.F.F.F.F.[Ta]. The monoisotopic (exact) mass is 374 g/mol. The maximum Gasteiger partial charge on any atom is 0.169 e. The van der Waals surface area contributed by atoms with Crippen LogP contribution in [0.2, 0.25) is 0 Å². The quantitative estimate of drug-likeness (QED) is 0.589. The van der Waals surface area contributed by atoms with E-state index in [-0.39, 0.29) is 47.0 Å². The van der Waals surface area contributed by atoms with Gasteiger partial charge in [0.05, 0.1) is 6.54 Å². The number of rotatable bonds is 3. The average molecular weight is 374 g/mol. The number of hydrogen-bond donors (Lipinski definition) is 1. The van der Waals surface area contributed by atoms with Crippen LogP contribution in [0.3, 0.4) is 0 Å². The number of carbonyl (C=O) groups is 1. The van der Waals surface area contributed by atoms with E-state index in [2.05, 4.69) is 5.32 Å². The van der Waals surface area contributed by atoms with Gasteiger partial charge in [-0.05, 0) is 20.0 Å². The van der Waals surface area contributed by atoms with Crippen molar-refractivity contribution in [2.75, 3.05) is 13.6 Å². The first kappa shape index (κ1) is 38.5. The van der Waals surface area contributed by atoms with Crippen LogP contribution in [0.5, 0.6) is 0 Å². The standard InChI is InChI=1S/C6H11NO.4FH.Ta/c1-3-4-6(8)5-7-2;;;;;/h3-4,7H,5H2,1-2H3;4*1H;/b4-3+;;;;;. The molecule has 0 atom stereocenters. The Hall–Kier alpha value is -0.170. The number of hydrogen-bond acceptors (Lipinski definition) is 2. The van der Waals surface area contributed by atoms with Crippen LogP contribution >= 0.6 is 0 Å². The minimum atomic E-state index is 0. The Morgan fingerprint density at radius 2 is 1.62 bits per heavy atom. The molecule has 83 valence electrons. The molecule has 0 aliphatic rings. The van der Waals surface area contributed by atoms with Crippen LogP contribution < -0.4 is 5.32 Å². The Morgan fingerprint density at radius 3 is 1.85 bits per heavy atom. The molecule has 13 heavy (non-hydrogen) atoms. The van der Waals surface area contributed by atoms with E-state index in [4.69, 9.17) is 0 Å². The number of ketones is 1. The molecule has 7 heteroatoms. The summed E-state index contributed by atoms with van der Waals surface area (Å²) in [7, 11) is 1.75. The second-order valence-electron chi connectivity index (χ2n) is 1.50. The number of halogens is 4. The zero-order valence-corrected chi connectivity index (χ0v) is 10.6. The largest absolute Gasteiger partial charge is 0.313 e. The molecule has 0 saturated heterocycles. The minimum Gasteiger partial charge on any atom is -0.313 e. The molecule has 0 unspecified atom stereocenters. The second-order valence-corrected chi connectivity index (χ2v) is 1.50. The molecule has 1 N–H and O–H groups in total. The van der Waals surface area contributed by atoms with Crippen LogP contribution in [0.15, 0.2) is 12.2 Å². The summed E-state index contributed by atoms with van der Waals surface area (Å²) in [5.41, 5.74) is 0. The van der Waals surface area contributed by atoms with Crippen LogP contribution in [0.1, 0.15) is 6.92 Å². The van der Waals surface area contributed by atoms with E-state index < -0.39 is 0 Å². The van der Waals surface area contributed by atoms with Gasteiger partial charge in [0, 0.05) is 22.4 Å². The summed E-state index contributed by atoms with van der Waals surface area (Å²) in [6.07, 6.45) is 3.29. The van der Waals surface area contributed by atoms with Crippen molar-refractivity contribution in [1.82, 2.24) is 5.32 Å². The van der Waals surface area contributed by atoms with Crippen molar-refractivity contribution in [1.29, 1.82) is 0 Å². The fourth-order valence-electron chi connectivity index (χ4n) is 0.419. The van der Waals surface area contributed by atoms with E-state index in [0.29, 0.717) is 6.54 Å². The molecular weight excluding hydrogens is 359 g/mol. The fraction of sp³-hybridized carbons (Fsp3) is 0.500. The Labute approximate surface area is 90.1 Å². The van der Waals surface area contributed by atoms with Gasteiger partial charge in [-0.25, -0.2) is 0 Å². The maximum atomic E-state index is 10.5. The summed E-state index contributed by atoms with van der Waals surface area (Å²) in [6, 6.07) is 0. The molecular formula is C6H15F4NOTa. The minimum absolute atomic E-state index is 0. The summed E-state index contributed by atoms with van der Waals surface area (Å²) in [4.78, 5) is 10.5. The average Bonchev–Trinajstić information content (AvgIpc) is 1.68. The summed E-state index contributed by atoms with van der Waals surface area (Å²) in [5, 5.41) is 2.75. The fourth-order valence-corrected chi connectivity index (χ4v) is 0.419. The summed E-state index contributed by atoms with van der Waals surface area (Å²) < 4.78 is 0. The van der Waals surface area contributed by atoms with Gasteiger partial charge in [-0.1, -0.05) is 6.08 Å². The van der Waals surface area contributed by atoms with Gasteiger partial charge < -0.3 is 5.32 Å². The van der Waals surface area contributed by atoms with Gasteiger partial charge in [-0.3, -0.25) is 23.6 Å². The van der Waals surface area contributed by atoms with E-state index >= 15 is 0 Å². The Balaban J connectivity index is -0.0000000245. The van der Waals surface area contributed by atoms with Crippen LogP contribution in [0.25, 0.3) is 0 Å². The van der Waals surface area contributed by atoms with Gasteiger partial charge in [0.25, 0.3) is 0 Å². The first-order valence-electron chi connectivity index (χ1n) is 2.61.